The van der Waals surface area contributed by atoms with Crippen LogP contribution in [-0.2, 0) is 0 Å². The van der Waals surface area contributed by atoms with Crippen LogP contribution in [0.4, 0.5) is 5.69 Å². The molecule has 0 aliphatic carbocycles. The molecule has 0 bridgehead atoms. The van der Waals surface area contributed by atoms with Crippen molar-refractivity contribution in [2.45, 2.75) is 26.7 Å². The summed E-state index contributed by atoms with van der Waals surface area (Å²) in [6.07, 6.45) is 3.75. The van der Waals surface area contributed by atoms with Gasteiger partial charge in [-0.3, -0.25) is 4.79 Å². The zero-order valence-corrected chi connectivity index (χ0v) is 15.2. The number of nitrogens with zero attached hydrogens (tertiary/aromatic N) is 2. The number of anilines is 1. The third-order valence-electron chi connectivity index (χ3n) is 4.16. The molecule has 136 valence electrons. The van der Waals surface area contributed by atoms with Crippen LogP contribution in [0.1, 0.15) is 34.6 Å². The van der Waals surface area contributed by atoms with Crippen molar-refractivity contribution in [1.29, 1.82) is 0 Å². The smallest absolute Gasteiger partial charge is 0.259 e. The number of rotatable bonds is 7. The standard InChI is InChI=1S/C20H24N4O2/c1-14-13-15(2)24-11-9-18(19(24)22-14)20(25)23-16-5-7-17(8-6-16)26-12-4-3-10-21/h5-9,11,13H,3-4,10,12,21H2,1-2H3,(H,23,25). The van der Waals surface area contributed by atoms with Gasteiger partial charge in [-0.2, -0.15) is 0 Å². The number of fused-ring (bicyclic) bond motifs is 1. The molecule has 6 heteroatoms. The maximum absolute atomic E-state index is 12.6. The Morgan fingerprint density at radius 2 is 1.96 bits per heavy atom. The molecule has 1 amide bonds. The predicted octanol–water partition coefficient (Wildman–Crippen LogP) is 3.32. The van der Waals surface area contributed by atoms with Gasteiger partial charge in [-0.05, 0) is 69.6 Å². The Morgan fingerprint density at radius 1 is 1.19 bits per heavy atom. The van der Waals surface area contributed by atoms with Gasteiger partial charge in [-0.25, -0.2) is 4.98 Å². The number of aryl methyl sites for hydroxylation is 2. The summed E-state index contributed by atoms with van der Waals surface area (Å²) in [5, 5.41) is 2.91. The first-order valence-corrected chi connectivity index (χ1v) is 8.78. The van der Waals surface area contributed by atoms with E-state index in [-0.39, 0.29) is 5.91 Å². The number of nitrogens with two attached hydrogens (primary N) is 1. The Bertz CT molecular complexity index is 900. The van der Waals surface area contributed by atoms with Crippen molar-refractivity contribution in [2.24, 2.45) is 5.73 Å². The fourth-order valence-corrected chi connectivity index (χ4v) is 2.84. The van der Waals surface area contributed by atoms with Crippen LogP contribution in [0.2, 0.25) is 0 Å². The summed E-state index contributed by atoms with van der Waals surface area (Å²) in [4.78, 5) is 17.1. The molecule has 6 nitrogen and oxygen atoms in total. The number of aromatic nitrogens is 2. The van der Waals surface area contributed by atoms with Gasteiger partial charge in [0.15, 0.2) is 0 Å². The first kappa shape index (κ1) is 17.9. The summed E-state index contributed by atoms with van der Waals surface area (Å²) in [6.45, 7) is 5.24. The number of benzene rings is 1. The van der Waals surface area contributed by atoms with Crippen molar-refractivity contribution >= 4 is 17.2 Å². The van der Waals surface area contributed by atoms with E-state index in [1.165, 1.54) is 0 Å². The van der Waals surface area contributed by atoms with E-state index >= 15 is 0 Å². The Hall–Kier alpha value is -2.86. The summed E-state index contributed by atoms with van der Waals surface area (Å²) in [5.41, 5.74) is 9.33. The average molecular weight is 352 g/mol. The van der Waals surface area contributed by atoms with E-state index in [0.717, 1.165) is 30.0 Å². The molecule has 0 spiro atoms. The van der Waals surface area contributed by atoms with Crippen molar-refractivity contribution in [2.75, 3.05) is 18.5 Å². The molecule has 0 unspecified atom stereocenters. The first-order chi connectivity index (χ1) is 12.6. The fourth-order valence-electron chi connectivity index (χ4n) is 2.84. The molecular formula is C20H24N4O2. The Kier molecular flexibility index (Phi) is 5.53. The number of nitrogens with one attached hydrogen (secondary N) is 1. The highest BCUT2D eigenvalue weighted by atomic mass is 16.5. The van der Waals surface area contributed by atoms with Crippen molar-refractivity contribution in [3.63, 3.8) is 0 Å². The van der Waals surface area contributed by atoms with Crippen LogP contribution in [0.5, 0.6) is 5.75 Å². The van der Waals surface area contributed by atoms with Crippen LogP contribution in [0.3, 0.4) is 0 Å². The summed E-state index contributed by atoms with van der Waals surface area (Å²) >= 11 is 0. The fraction of sp³-hybridized carbons (Fsp3) is 0.300. The van der Waals surface area contributed by atoms with Gasteiger partial charge >= 0.3 is 0 Å². The molecule has 0 saturated heterocycles. The Balaban J connectivity index is 1.68. The minimum Gasteiger partial charge on any atom is -0.494 e. The van der Waals surface area contributed by atoms with Crippen LogP contribution < -0.4 is 15.8 Å². The highest BCUT2D eigenvalue weighted by Crippen LogP contribution is 2.19. The van der Waals surface area contributed by atoms with E-state index < -0.39 is 0 Å². The molecule has 2 heterocycles. The van der Waals surface area contributed by atoms with Crippen LogP contribution in [0, 0.1) is 13.8 Å². The highest BCUT2D eigenvalue weighted by Gasteiger charge is 2.14. The molecule has 3 N–H and O–H groups in total. The van der Waals surface area contributed by atoms with Gasteiger partial charge in [0.25, 0.3) is 5.91 Å². The zero-order valence-electron chi connectivity index (χ0n) is 15.2. The van der Waals surface area contributed by atoms with E-state index in [2.05, 4.69) is 10.3 Å². The lowest BCUT2D eigenvalue weighted by atomic mass is 10.2. The summed E-state index contributed by atoms with van der Waals surface area (Å²) < 4.78 is 7.56. The largest absolute Gasteiger partial charge is 0.494 e. The number of carbonyl (C=O) groups is 1. The monoisotopic (exact) mass is 352 g/mol. The second-order valence-corrected chi connectivity index (χ2v) is 6.28. The number of amides is 1. The first-order valence-electron chi connectivity index (χ1n) is 8.78. The van der Waals surface area contributed by atoms with Gasteiger partial charge in [-0.1, -0.05) is 0 Å². The summed E-state index contributed by atoms with van der Waals surface area (Å²) in [5.74, 6) is 0.601. The van der Waals surface area contributed by atoms with Crippen molar-refractivity contribution in [1.82, 2.24) is 9.38 Å². The lowest BCUT2D eigenvalue weighted by Crippen LogP contribution is -2.12. The van der Waals surface area contributed by atoms with E-state index in [0.29, 0.717) is 30.0 Å². The van der Waals surface area contributed by atoms with Crippen LogP contribution >= 0.6 is 0 Å². The van der Waals surface area contributed by atoms with Gasteiger partial charge in [0.05, 0.1) is 12.2 Å². The molecule has 26 heavy (non-hydrogen) atoms. The van der Waals surface area contributed by atoms with Gasteiger partial charge in [0.2, 0.25) is 0 Å². The average Bonchev–Trinajstić information content (AvgIpc) is 3.04. The lowest BCUT2D eigenvalue weighted by Gasteiger charge is -2.08. The number of ether oxygens (including phenoxy) is 1. The molecule has 0 aliphatic heterocycles. The zero-order chi connectivity index (χ0) is 18.5. The summed E-state index contributed by atoms with van der Waals surface area (Å²) in [7, 11) is 0. The molecule has 3 rings (SSSR count). The normalized spacial score (nSPS) is 10.9. The second-order valence-electron chi connectivity index (χ2n) is 6.28. The number of hydrogen-bond donors (Lipinski definition) is 2. The van der Waals surface area contributed by atoms with Gasteiger partial charge in [0, 0.05) is 23.3 Å². The molecule has 0 saturated carbocycles. The molecular weight excluding hydrogens is 328 g/mol. The quantitative estimate of drug-likeness (QED) is 0.639. The molecule has 1 aromatic carbocycles. The van der Waals surface area contributed by atoms with E-state index in [9.17, 15) is 4.79 Å². The SMILES string of the molecule is Cc1cc(C)n2ccc(C(=O)Nc3ccc(OCCCCN)cc3)c2n1. The van der Waals surface area contributed by atoms with Crippen LogP contribution in [0.25, 0.3) is 5.65 Å². The molecule has 0 radical (unpaired) electrons. The number of unbranched alkanes of at least 4 members (excludes halogenated alkanes) is 1. The topological polar surface area (TPSA) is 81.6 Å². The molecule has 3 aromatic rings. The van der Waals surface area contributed by atoms with Crippen molar-refractivity contribution in [3.8, 4) is 5.75 Å². The minimum atomic E-state index is -0.179. The van der Waals surface area contributed by atoms with Crippen molar-refractivity contribution in [3.05, 3.63) is 59.5 Å². The van der Waals surface area contributed by atoms with Gasteiger partial charge in [-0.15, -0.1) is 0 Å². The second kappa shape index (κ2) is 8.01. The molecule has 0 fully saturated rings. The van der Waals surface area contributed by atoms with Crippen molar-refractivity contribution < 1.29 is 9.53 Å². The maximum atomic E-state index is 12.6. The Morgan fingerprint density at radius 3 is 2.69 bits per heavy atom. The van der Waals surface area contributed by atoms with E-state index in [1.54, 1.807) is 6.07 Å². The summed E-state index contributed by atoms with van der Waals surface area (Å²) in [6, 6.07) is 11.1. The van der Waals surface area contributed by atoms with E-state index in [4.69, 9.17) is 10.5 Å². The minimum absolute atomic E-state index is 0.179. The van der Waals surface area contributed by atoms with Crippen LogP contribution in [0.15, 0.2) is 42.6 Å². The number of hydrogen-bond acceptors (Lipinski definition) is 4. The van der Waals surface area contributed by atoms with Gasteiger partial charge < -0.3 is 20.2 Å². The third kappa shape index (κ3) is 4.03. The molecule has 2 aromatic heterocycles. The third-order valence-corrected chi connectivity index (χ3v) is 4.16. The van der Waals surface area contributed by atoms with E-state index in [1.807, 2.05) is 54.8 Å². The molecule has 0 aliphatic rings. The number of carbonyl (C=O) groups excluding carboxylic acids is 1. The molecule has 0 atom stereocenters. The lowest BCUT2D eigenvalue weighted by molar-refractivity contribution is 0.102. The van der Waals surface area contributed by atoms with Crippen LogP contribution in [-0.4, -0.2) is 28.4 Å². The van der Waals surface area contributed by atoms with Gasteiger partial charge in [0.1, 0.15) is 11.4 Å². The predicted molar refractivity (Wildman–Crippen MR) is 103 cm³/mol. The Labute approximate surface area is 153 Å². The highest BCUT2D eigenvalue weighted by molar-refractivity contribution is 6.08. The maximum Gasteiger partial charge on any atom is 0.259 e.